The Hall–Kier alpha value is -1.01. The number of aliphatic hydroxyl groups excluding tert-OH is 2. The normalized spacial score (nSPS) is 12.7. The van der Waals surface area contributed by atoms with E-state index >= 15 is 0 Å². The van der Waals surface area contributed by atoms with Crippen LogP contribution in [-0.4, -0.2) is 28.4 Å². The van der Waals surface area contributed by atoms with Gasteiger partial charge in [-0.15, -0.1) is 11.8 Å². The third kappa shape index (κ3) is 16.9. The van der Waals surface area contributed by atoms with Gasteiger partial charge in [0.2, 0.25) is 0 Å². The van der Waals surface area contributed by atoms with Crippen LogP contribution in [0.5, 0.6) is 0 Å². The summed E-state index contributed by atoms with van der Waals surface area (Å²) in [6.45, 7) is 1.71. The molecule has 0 aliphatic heterocycles. The fourth-order valence-electron chi connectivity index (χ4n) is 1.23. The van der Waals surface area contributed by atoms with Crippen molar-refractivity contribution in [2.75, 3.05) is 0 Å². The van der Waals surface area contributed by atoms with Gasteiger partial charge in [0.05, 0.1) is 6.10 Å². The molecule has 108 valence electrons. The summed E-state index contributed by atoms with van der Waals surface area (Å²) in [4.78, 5) is 10.2. The number of aliphatic hydroxyl groups is 2. The zero-order valence-corrected chi connectivity index (χ0v) is 14.5. The van der Waals surface area contributed by atoms with Crippen LogP contribution in [0.2, 0.25) is 0 Å². The van der Waals surface area contributed by atoms with E-state index in [4.69, 9.17) is 0 Å². The van der Waals surface area contributed by atoms with Crippen molar-refractivity contribution in [3.63, 3.8) is 0 Å². The molecular weight excluding hydrogens is 279 g/mol. The van der Waals surface area contributed by atoms with E-state index < -0.39 is 18.2 Å². The number of hydrogen-bond donors (Lipinski definition) is 2. The van der Waals surface area contributed by atoms with Gasteiger partial charge in [0.1, 0.15) is 6.10 Å². The first-order valence-electron chi connectivity index (χ1n) is 6.36. The Balaban J connectivity index is 0. The maximum Gasteiger partial charge on any atom is 1.00 e. The zero-order valence-electron chi connectivity index (χ0n) is 12.5. The molecule has 0 aliphatic carbocycles. The predicted molar refractivity (Wildman–Crippen MR) is 75.0 cm³/mol. The molecule has 0 amide bonds. The molecule has 4 nitrogen and oxygen atoms in total. The van der Waals surface area contributed by atoms with Crippen molar-refractivity contribution < 1.29 is 49.7 Å². The molecule has 2 N–H and O–H groups in total. The van der Waals surface area contributed by atoms with Crippen molar-refractivity contribution in [1.29, 1.82) is 0 Å². The second-order valence-corrected chi connectivity index (χ2v) is 4.01. The van der Waals surface area contributed by atoms with E-state index in [1.54, 1.807) is 25.2 Å². The smallest absolute Gasteiger partial charge is 0.550 e. The summed E-state index contributed by atoms with van der Waals surface area (Å²) in [6.07, 6.45) is 5.95. The molecule has 5 heteroatoms. The summed E-state index contributed by atoms with van der Waals surface area (Å²) in [5.74, 6) is 9.53. The number of carbonyl (C=O) groups is 1. The van der Waals surface area contributed by atoms with Crippen molar-refractivity contribution >= 4 is 5.97 Å². The van der Waals surface area contributed by atoms with Crippen molar-refractivity contribution in [2.24, 2.45) is 0 Å². The van der Waals surface area contributed by atoms with E-state index in [2.05, 4.69) is 23.7 Å². The summed E-state index contributed by atoms with van der Waals surface area (Å²) >= 11 is 0. The quantitative estimate of drug-likeness (QED) is 0.301. The van der Waals surface area contributed by atoms with Crippen LogP contribution in [0, 0.1) is 23.7 Å². The van der Waals surface area contributed by atoms with Crippen LogP contribution in [-0.2, 0) is 4.79 Å². The van der Waals surface area contributed by atoms with Gasteiger partial charge in [0.15, 0.2) is 0 Å². The van der Waals surface area contributed by atoms with Crippen LogP contribution in [0.15, 0.2) is 24.3 Å². The molecule has 0 radical (unpaired) electrons. The molecule has 0 spiro atoms. The minimum atomic E-state index is -1.12. The average Bonchev–Trinajstić information content (AvgIpc) is 2.39. The van der Waals surface area contributed by atoms with Crippen LogP contribution in [0.4, 0.5) is 0 Å². The van der Waals surface area contributed by atoms with E-state index in [0.717, 1.165) is 0 Å². The Bertz CT molecular complexity index is 460. The summed E-state index contributed by atoms with van der Waals surface area (Å²) in [5.41, 5.74) is 0. The van der Waals surface area contributed by atoms with Gasteiger partial charge >= 0.3 is 29.6 Å². The van der Waals surface area contributed by atoms with Crippen LogP contribution < -0.4 is 34.7 Å². The molecule has 0 aromatic rings. The summed E-state index contributed by atoms with van der Waals surface area (Å²) in [5, 5.41) is 29.0. The molecule has 0 aromatic heterocycles. The second-order valence-electron chi connectivity index (χ2n) is 4.01. The zero-order chi connectivity index (χ0) is 15.2. The maximum absolute atomic E-state index is 10.2. The van der Waals surface area contributed by atoms with Crippen molar-refractivity contribution in [3.05, 3.63) is 24.3 Å². The predicted octanol–water partition coefficient (Wildman–Crippen LogP) is -2.84. The van der Waals surface area contributed by atoms with Gasteiger partial charge < -0.3 is 20.1 Å². The van der Waals surface area contributed by atoms with Crippen molar-refractivity contribution in [1.82, 2.24) is 0 Å². The molecule has 0 heterocycles. The fraction of sp³-hybridized carbons (Fsp3) is 0.438. The molecule has 0 saturated heterocycles. The Kier molecular flexibility index (Phi) is 16.3. The van der Waals surface area contributed by atoms with Gasteiger partial charge in [-0.1, -0.05) is 30.1 Å². The minimum absolute atomic E-state index is 0. The van der Waals surface area contributed by atoms with E-state index in [1.807, 2.05) is 0 Å². The Labute approximate surface area is 148 Å². The molecule has 0 unspecified atom stereocenters. The number of hydrogen-bond acceptors (Lipinski definition) is 4. The van der Waals surface area contributed by atoms with Gasteiger partial charge in [0.25, 0.3) is 0 Å². The summed E-state index contributed by atoms with van der Waals surface area (Å²) < 4.78 is 0. The van der Waals surface area contributed by atoms with Crippen LogP contribution in [0.25, 0.3) is 0 Å². The van der Waals surface area contributed by atoms with Gasteiger partial charge in [-0.05, 0) is 32.3 Å². The van der Waals surface area contributed by atoms with Crippen molar-refractivity contribution in [3.8, 4) is 23.7 Å². The number of rotatable bonds is 7. The Morgan fingerprint density at radius 1 is 1.33 bits per heavy atom. The molecule has 2 atom stereocenters. The van der Waals surface area contributed by atoms with Gasteiger partial charge in [-0.2, -0.15) is 0 Å². The standard InChI is InChI=1S/C16H20O4.Na/c1-2-3-9-14(17)10-6-4-5-7-11-15(18)12-8-13-16(19)20;/h4-6,10,14-15,17-18H,8-9,12-13H2,1H3,(H,19,20);/q;+1/p-1/b5-4+,10-6+;/t14-,15+;/m1./s1. The topological polar surface area (TPSA) is 80.6 Å². The monoisotopic (exact) mass is 298 g/mol. The molecule has 0 fully saturated rings. The molecular formula is C16H19NaO4. The minimum Gasteiger partial charge on any atom is -0.550 e. The molecule has 0 rings (SSSR count). The van der Waals surface area contributed by atoms with Gasteiger partial charge in [-0.25, -0.2) is 0 Å². The van der Waals surface area contributed by atoms with Crippen LogP contribution >= 0.6 is 0 Å². The second kappa shape index (κ2) is 15.4. The number of allylic oxidation sites excluding steroid dienone is 3. The Morgan fingerprint density at radius 2 is 2.05 bits per heavy atom. The van der Waals surface area contributed by atoms with E-state index in [9.17, 15) is 20.1 Å². The Morgan fingerprint density at radius 3 is 2.67 bits per heavy atom. The molecule has 0 saturated carbocycles. The number of aliphatic carboxylic acids is 1. The number of carbonyl (C=O) groups excluding carboxylic acids is 1. The fourth-order valence-corrected chi connectivity index (χ4v) is 1.23. The van der Waals surface area contributed by atoms with Crippen molar-refractivity contribution in [2.45, 2.75) is 44.8 Å². The molecule has 0 aliphatic rings. The number of carboxylic acid groups (broad SMARTS) is 1. The van der Waals surface area contributed by atoms with Gasteiger partial charge in [0, 0.05) is 12.4 Å². The van der Waals surface area contributed by atoms with Crippen LogP contribution in [0.1, 0.15) is 32.6 Å². The maximum atomic E-state index is 10.2. The van der Waals surface area contributed by atoms with E-state index in [1.165, 1.54) is 6.08 Å². The first kappa shape index (κ1) is 22.3. The SMILES string of the molecule is CC#CC[C@@H](O)/C=C/C=C/C#C[C@H](O)CCCC(=O)[O-].[Na+]. The number of carboxylic acids is 1. The third-order valence-corrected chi connectivity index (χ3v) is 2.22. The first-order chi connectivity index (χ1) is 9.56. The van der Waals surface area contributed by atoms with Crippen LogP contribution in [0.3, 0.4) is 0 Å². The van der Waals surface area contributed by atoms with Gasteiger partial charge in [-0.3, -0.25) is 0 Å². The third-order valence-electron chi connectivity index (χ3n) is 2.22. The molecule has 21 heavy (non-hydrogen) atoms. The van der Waals surface area contributed by atoms with E-state index in [0.29, 0.717) is 19.3 Å². The average molecular weight is 298 g/mol. The summed E-state index contributed by atoms with van der Waals surface area (Å²) in [7, 11) is 0. The first-order valence-corrected chi connectivity index (χ1v) is 6.36. The molecule has 0 bridgehead atoms. The summed E-state index contributed by atoms with van der Waals surface area (Å²) in [6, 6.07) is 0. The largest absolute Gasteiger partial charge is 1.00 e. The molecule has 0 aromatic carbocycles. The van der Waals surface area contributed by atoms with E-state index in [-0.39, 0.29) is 36.0 Å².